The Morgan fingerprint density at radius 1 is 1.15 bits per heavy atom. The zero-order valence-electron chi connectivity index (χ0n) is 15.0. The number of hydrogen-bond donors (Lipinski definition) is 0. The smallest absolute Gasteiger partial charge is 0.256 e. The second kappa shape index (κ2) is 7.82. The van der Waals surface area contributed by atoms with Crippen LogP contribution in [0.5, 0.6) is 0 Å². The minimum Gasteiger partial charge on any atom is -0.431 e. The van der Waals surface area contributed by atoms with Crippen molar-refractivity contribution in [3.63, 3.8) is 0 Å². The number of oxazole rings is 1. The molecule has 26 heavy (non-hydrogen) atoms. The Balaban J connectivity index is 1.71. The van der Waals surface area contributed by atoms with Gasteiger partial charge in [0.05, 0.1) is 4.90 Å². The van der Waals surface area contributed by atoms with Crippen molar-refractivity contribution in [2.45, 2.75) is 35.1 Å². The van der Waals surface area contributed by atoms with Crippen molar-refractivity contribution >= 4 is 32.9 Å². The third kappa shape index (κ3) is 4.28. The maximum atomic E-state index is 12.2. The van der Waals surface area contributed by atoms with E-state index in [1.165, 1.54) is 24.0 Å². The lowest BCUT2D eigenvalue weighted by atomic mass is 10.1. The minimum absolute atomic E-state index is 0.219. The maximum absolute atomic E-state index is 12.2. The fraction of sp³-hybridized carbons (Fsp3) is 0.316. The lowest BCUT2D eigenvalue weighted by Crippen LogP contribution is -2.22. The second-order valence-corrected chi connectivity index (χ2v) is 9.89. The molecule has 0 saturated carbocycles. The van der Waals surface area contributed by atoms with E-state index >= 15 is 0 Å². The monoisotopic (exact) mass is 390 g/mol. The molecule has 2 aromatic carbocycles. The Bertz CT molecular complexity index is 982. The zero-order chi connectivity index (χ0) is 18.7. The van der Waals surface area contributed by atoms with Gasteiger partial charge < -0.3 is 4.42 Å². The highest BCUT2D eigenvalue weighted by molar-refractivity contribution is 7.99. The van der Waals surface area contributed by atoms with Crippen molar-refractivity contribution in [3.8, 4) is 0 Å². The van der Waals surface area contributed by atoms with Gasteiger partial charge in [-0.1, -0.05) is 49.0 Å². The Kier molecular flexibility index (Phi) is 5.70. The summed E-state index contributed by atoms with van der Waals surface area (Å²) in [7, 11) is -0.453. The molecule has 0 aliphatic carbocycles. The summed E-state index contributed by atoms with van der Waals surface area (Å²) in [6.07, 6.45) is 2.01. The third-order valence-corrected chi connectivity index (χ3v) is 6.93. The summed E-state index contributed by atoms with van der Waals surface area (Å²) < 4.78 is 31.4. The molecule has 7 heteroatoms. The number of aryl methyl sites for hydroxylation is 1. The van der Waals surface area contributed by atoms with Crippen LogP contribution in [0.4, 0.5) is 0 Å². The molecule has 1 heterocycles. The number of hydrogen-bond acceptors (Lipinski definition) is 5. The molecule has 0 bridgehead atoms. The number of sulfonamides is 1. The van der Waals surface area contributed by atoms with Crippen LogP contribution in [0.2, 0.25) is 0 Å². The first-order chi connectivity index (χ1) is 12.4. The number of thioether (sulfide) groups is 1. The van der Waals surface area contributed by atoms with Gasteiger partial charge in [-0.05, 0) is 36.6 Å². The van der Waals surface area contributed by atoms with E-state index in [2.05, 4.69) is 24.0 Å². The molecule has 0 radical (unpaired) electrons. The van der Waals surface area contributed by atoms with Gasteiger partial charge >= 0.3 is 0 Å². The van der Waals surface area contributed by atoms with Crippen molar-refractivity contribution in [3.05, 3.63) is 54.1 Å². The lowest BCUT2D eigenvalue weighted by molar-refractivity contribution is 0.488. The molecule has 1 unspecified atom stereocenters. The van der Waals surface area contributed by atoms with Crippen molar-refractivity contribution in [1.29, 1.82) is 0 Å². The number of rotatable bonds is 7. The van der Waals surface area contributed by atoms with Gasteiger partial charge in [0.15, 0.2) is 5.58 Å². The summed E-state index contributed by atoms with van der Waals surface area (Å²) in [4.78, 5) is 4.67. The predicted octanol–water partition coefficient (Wildman–Crippen LogP) is 4.19. The fourth-order valence-corrected chi connectivity index (χ4v) is 4.34. The van der Waals surface area contributed by atoms with Gasteiger partial charge in [0.2, 0.25) is 10.0 Å². The Labute approximate surface area is 158 Å². The standard InChI is InChI=1S/C19H22N2O3S2/c1-14(9-10-15-7-5-4-6-8-15)25-19-20-17-13-16(11-12-18(17)24-19)26(22,23)21(2)3/h4-8,11-14H,9-10H2,1-3H3. The first-order valence-corrected chi connectivity index (χ1v) is 10.7. The third-order valence-electron chi connectivity index (χ3n) is 4.10. The summed E-state index contributed by atoms with van der Waals surface area (Å²) in [5.74, 6) is 0. The van der Waals surface area contributed by atoms with Crippen LogP contribution >= 0.6 is 11.8 Å². The number of fused-ring (bicyclic) bond motifs is 1. The SMILES string of the molecule is CC(CCc1ccccc1)Sc1nc2cc(S(=O)(=O)N(C)C)ccc2o1. The van der Waals surface area contributed by atoms with E-state index in [-0.39, 0.29) is 4.90 Å². The van der Waals surface area contributed by atoms with Gasteiger partial charge in [0.25, 0.3) is 5.22 Å². The first-order valence-electron chi connectivity index (χ1n) is 8.40. The van der Waals surface area contributed by atoms with Crippen LogP contribution < -0.4 is 0 Å². The summed E-state index contributed by atoms with van der Waals surface area (Å²) in [5, 5.41) is 0.910. The quantitative estimate of drug-likeness (QED) is 0.566. The molecule has 138 valence electrons. The van der Waals surface area contributed by atoms with Gasteiger partial charge in [-0.3, -0.25) is 0 Å². The highest BCUT2D eigenvalue weighted by Crippen LogP contribution is 2.30. The van der Waals surface area contributed by atoms with Gasteiger partial charge in [-0.25, -0.2) is 17.7 Å². The van der Waals surface area contributed by atoms with Crippen molar-refractivity contribution < 1.29 is 12.8 Å². The van der Waals surface area contributed by atoms with Crippen molar-refractivity contribution in [2.24, 2.45) is 0 Å². The van der Waals surface area contributed by atoms with Crippen LogP contribution in [0, 0.1) is 0 Å². The summed E-state index contributed by atoms with van der Waals surface area (Å²) in [5.41, 5.74) is 2.47. The Morgan fingerprint density at radius 2 is 1.88 bits per heavy atom. The number of nitrogens with zero attached hydrogens (tertiary/aromatic N) is 2. The zero-order valence-corrected chi connectivity index (χ0v) is 16.7. The Hall–Kier alpha value is -1.83. The fourth-order valence-electron chi connectivity index (χ4n) is 2.55. The molecule has 0 aliphatic rings. The van der Waals surface area contributed by atoms with Gasteiger partial charge in [-0.15, -0.1) is 0 Å². The van der Waals surface area contributed by atoms with Gasteiger partial charge in [0, 0.05) is 19.3 Å². The van der Waals surface area contributed by atoms with Crippen LogP contribution in [0.3, 0.4) is 0 Å². The van der Waals surface area contributed by atoms with E-state index in [9.17, 15) is 8.42 Å². The van der Waals surface area contributed by atoms with E-state index in [4.69, 9.17) is 4.42 Å². The molecular weight excluding hydrogens is 368 g/mol. The molecule has 0 saturated heterocycles. The molecule has 3 rings (SSSR count). The molecule has 5 nitrogen and oxygen atoms in total. The maximum Gasteiger partial charge on any atom is 0.256 e. The molecule has 0 N–H and O–H groups in total. The summed E-state index contributed by atoms with van der Waals surface area (Å²) in [6, 6.07) is 15.2. The number of benzene rings is 2. The van der Waals surface area contributed by atoms with Crippen molar-refractivity contribution in [1.82, 2.24) is 9.29 Å². The molecule has 1 aromatic heterocycles. The highest BCUT2D eigenvalue weighted by atomic mass is 32.2. The predicted molar refractivity (Wildman–Crippen MR) is 105 cm³/mol. The van der Waals surface area contributed by atoms with Crippen LogP contribution in [0.25, 0.3) is 11.1 Å². The van der Waals surface area contributed by atoms with E-state index in [0.29, 0.717) is 21.6 Å². The lowest BCUT2D eigenvalue weighted by Gasteiger charge is -2.10. The van der Waals surface area contributed by atoms with E-state index in [1.807, 2.05) is 18.2 Å². The van der Waals surface area contributed by atoms with E-state index < -0.39 is 10.0 Å². The highest BCUT2D eigenvalue weighted by Gasteiger charge is 2.19. The minimum atomic E-state index is -3.48. The summed E-state index contributed by atoms with van der Waals surface area (Å²) in [6.45, 7) is 2.14. The molecule has 0 fully saturated rings. The molecule has 3 aromatic rings. The number of aromatic nitrogens is 1. The second-order valence-electron chi connectivity index (χ2n) is 6.35. The first kappa shape index (κ1) is 18.9. The van der Waals surface area contributed by atoms with Gasteiger partial charge in [-0.2, -0.15) is 0 Å². The van der Waals surface area contributed by atoms with E-state index in [1.54, 1.807) is 30.0 Å². The van der Waals surface area contributed by atoms with Crippen LogP contribution in [0.15, 0.2) is 63.1 Å². The van der Waals surface area contributed by atoms with Crippen LogP contribution in [0.1, 0.15) is 18.9 Å². The average Bonchev–Trinajstić information content (AvgIpc) is 3.02. The van der Waals surface area contributed by atoms with Gasteiger partial charge in [0.1, 0.15) is 5.52 Å². The van der Waals surface area contributed by atoms with Crippen LogP contribution in [-0.2, 0) is 16.4 Å². The average molecular weight is 391 g/mol. The summed E-state index contributed by atoms with van der Waals surface area (Å²) >= 11 is 1.57. The topological polar surface area (TPSA) is 63.4 Å². The largest absolute Gasteiger partial charge is 0.431 e. The normalized spacial score (nSPS) is 13.4. The van der Waals surface area contributed by atoms with Crippen LogP contribution in [-0.4, -0.2) is 37.1 Å². The van der Waals surface area contributed by atoms with Crippen molar-refractivity contribution in [2.75, 3.05) is 14.1 Å². The molecule has 0 aliphatic heterocycles. The Morgan fingerprint density at radius 3 is 2.58 bits per heavy atom. The molecule has 1 atom stereocenters. The molecular formula is C19H22N2O3S2. The van der Waals surface area contributed by atoms with E-state index in [0.717, 1.165) is 12.8 Å². The molecule has 0 spiro atoms. The molecule has 0 amide bonds.